The Morgan fingerprint density at radius 3 is 2.54 bits per heavy atom. The first-order valence-electron chi connectivity index (χ1n) is 7.92. The van der Waals surface area contributed by atoms with E-state index in [1.54, 1.807) is 0 Å². The fourth-order valence-electron chi connectivity index (χ4n) is 2.84. The van der Waals surface area contributed by atoms with Crippen LogP contribution in [-0.4, -0.2) is 23.5 Å². The van der Waals surface area contributed by atoms with Gasteiger partial charge in [-0.15, -0.1) is 24.8 Å². The Bertz CT molecular complexity index is 745. The molecule has 0 saturated heterocycles. The van der Waals surface area contributed by atoms with Crippen molar-refractivity contribution < 1.29 is 4.79 Å². The highest BCUT2D eigenvalue weighted by atomic mass is 35.5. The number of rotatable bonds is 4. The van der Waals surface area contributed by atoms with Gasteiger partial charge in [0.05, 0.1) is 11.1 Å². The molecule has 1 aromatic carbocycles. The van der Waals surface area contributed by atoms with Crippen LogP contribution in [0.15, 0.2) is 18.2 Å². The fraction of sp³-hybridized carbons (Fsp3) is 0.444. The molecule has 1 aromatic heterocycles. The molecule has 1 aliphatic carbocycles. The number of benzene rings is 1. The lowest BCUT2D eigenvalue weighted by Gasteiger charge is -2.15. The number of pyridine rings is 1. The molecule has 132 valence electrons. The molecule has 1 aliphatic rings. The predicted molar refractivity (Wildman–Crippen MR) is 104 cm³/mol. The maximum Gasteiger partial charge on any atom is 0.252 e. The molecule has 3 rings (SSSR count). The highest BCUT2D eigenvalue weighted by molar-refractivity contribution is 6.07. The number of hydrogen-bond donors (Lipinski definition) is 2. The topological polar surface area (TPSA) is 68.0 Å². The van der Waals surface area contributed by atoms with Gasteiger partial charge in [-0.2, -0.15) is 0 Å². The highest BCUT2D eigenvalue weighted by Crippen LogP contribution is 2.40. The molecule has 0 radical (unpaired) electrons. The van der Waals surface area contributed by atoms with Crippen LogP contribution < -0.4 is 11.1 Å². The van der Waals surface area contributed by atoms with Crippen LogP contribution in [0.5, 0.6) is 0 Å². The van der Waals surface area contributed by atoms with Crippen molar-refractivity contribution >= 4 is 41.6 Å². The molecule has 1 fully saturated rings. The largest absolute Gasteiger partial charge is 0.348 e. The van der Waals surface area contributed by atoms with Crippen LogP contribution in [-0.2, 0) is 0 Å². The number of nitrogens with one attached hydrogen (secondary N) is 1. The van der Waals surface area contributed by atoms with E-state index in [1.807, 2.05) is 26.0 Å². The van der Waals surface area contributed by atoms with Gasteiger partial charge >= 0.3 is 0 Å². The van der Waals surface area contributed by atoms with Crippen molar-refractivity contribution in [1.29, 1.82) is 0 Å². The summed E-state index contributed by atoms with van der Waals surface area (Å²) < 4.78 is 0. The maximum atomic E-state index is 12.7. The van der Waals surface area contributed by atoms with Gasteiger partial charge in [-0.25, -0.2) is 0 Å². The van der Waals surface area contributed by atoms with Gasteiger partial charge in [0.25, 0.3) is 5.91 Å². The normalized spacial score (nSPS) is 14.5. The first-order valence-corrected chi connectivity index (χ1v) is 7.92. The van der Waals surface area contributed by atoms with Crippen LogP contribution in [0.2, 0.25) is 0 Å². The molecular weight excluding hydrogens is 345 g/mol. The van der Waals surface area contributed by atoms with Crippen LogP contribution in [0.3, 0.4) is 0 Å². The van der Waals surface area contributed by atoms with Gasteiger partial charge < -0.3 is 11.1 Å². The van der Waals surface area contributed by atoms with Gasteiger partial charge in [0.1, 0.15) is 0 Å². The zero-order valence-electron chi connectivity index (χ0n) is 14.3. The number of amides is 1. The molecule has 6 heteroatoms. The molecule has 0 unspecified atom stereocenters. The molecule has 24 heavy (non-hydrogen) atoms. The van der Waals surface area contributed by atoms with Crippen molar-refractivity contribution in [3.63, 3.8) is 0 Å². The van der Waals surface area contributed by atoms with E-state index in [-0.39, 0.29) is 36.8 Å². The number of aromatic nitrogens is 1. The summed E-state index contributed by atoms with van der Waals surface area (Å²) in [6.45, 7) is 6.45. The number of carbonyl (C=O) groups excluding carboxylic acids is 1. The second kappa shape index (κ2) is 8.15. The minimum atomic E-state index is -0.0581. The van der Waals surface area contributed by atoms with E-state index in [0.717, 1.165) is 33.3 Å². The fourth-order valence-corrected chi connectivity index (χ4v) is 2.84. The van der Waals surface area contributed by atoms with E-state index < -0.39 is 0 Å². The van der Waals surface area contributed by atoms with Crippen LogP contribution >= 0.6 is 24.8 Å². The van der Waals surface area contributed by atoms with Gasteiger partial charge in [-0.3, -0.25) is 9.78 Å². The zero-order valence-corrected chi connectivity index (χ0v) is 15.9. The molecule has 0 spiro atoms. The number of nitrogens with zero attached hydrogens (tertiary/aromatic N) is 1. The summed E-state index contributed by atoms with van der Waals surface area (Å²) in [7, 11) is 0. The molecule has 1 atom stereocenters. The van der Waals surface area contributed by atoms with E-state index in [4.69, 9.17) is 10.7 Å². The number of halogens is 2. The van der Waals surface area contributed by atoms with Crippen molar-refractivity contribution in [2.75, 3.05) is 6.54 Å². The summed E-state index contributed by atoms with van der Waals surface area (Å²) in [4.78, 5) is 17.5. The summed E-state index contributed by atoms with van der Waals surface area (Å²) in [6, 6.07) is 6.10. The van der Waals surface area contributed by atoms with Gasteiger partial charge in [0, 0.05) is 29.6 Å². The van der Waals surface area contributed by atoms with Gasteiger partial charge in [-0.05, 0) is 51.3 Å². The summed E-state index contributed by atoms with van der Waals surface area (Å²) >= 11 is 0. The number of carbonyl (C=O) groups is 1. The molecule has 1 heterocycles. The van der Waals surface area contributed by atoms with Crippen molar-refractivity contribution in [3.8, 4) is 0 Å². The predicted octanol–water partition coefficient (Wildman–Crippen LogP) is 3.65. The Balaban J connectivity index is 0.00000144. The first-order chi connectivity index (χ1) is 10.5. The van der Waals surface area contributed by atoms with E-state index in [9.17, 15) is 4.79 Å². The summed E-state index contributed by atoms with van der Waals surface area (Å²) in [5.41, 5.74) is 10.6. The minimum Gasteiger partial charge on any atom is -0.348 e. The molecule has 3 N–H and O–H groups in total. The Labute approximate surface area is 155 Å². The third-order valence-electron chi connectivity index (χ3n) is 4.24. The van der Waals surface area contributed by atoms with E-state index in [2.05, 4.69) is 18.3 Å². The molecule has 4 nitrogen and oxygen atoms in total. The van der Waals surface area contributed by atoms with Crippen LogP contribution in [0.4, 0.5) is 0 Å². The van der Waals surface area contributed by atoms with Crippen LogP contribution in [0, 0.1) is 13.8 Å². The molecule has 1 saturated carbocycles. The Kier molecular flexibility index (Phi) is 7.02. The lowest BCUT2D eigenvalue weighted by Crippen LogP contribution is -2.38. The summed E-state index contributed by atoms with van der Waals surface area (Å²) in [5.74, 6) is 0.459. The number of hydrogen-bond acceptors (Lipinski definition) is 3. The minimum absolute atomic E-state index is 0. The van der Waals surface area contributed by atoms with Crippen LogP contribution in [0.25, 0.3) is 10.9 Å². The monoisotopic (exact) mass is 369 g/mol. The van der Waals surface area contributed by atoms with Crippen LogP contribution in [0.1, 0.15) is 52.9 Å². The molecule has 0 bridgehead atoms. The van der Waals surface area contributed by atoms with E-state index in [1.165, 1.54) is 12.8 Å². The highest BCUT2D eigenvalue weighted by Gasteiger charge is 2.27. The first kappa shape index (κ1) is 20.7. The van der Waals surface area contributed by atoms with E-state index in [0.29, 0.717) is 12.5 Å². The zero-order chi connectivity index (χ0) is 15.9. The van der Waals surface area contributed by atoms with Crippen molar-refractivity contribution in [1.82, 2.24) is 10.3 Å². The number of aryl methyl sites for hydroxylation is 2. The Morgan fingerprint density at radius 2 is 1.96 bits per heavy atom. The molecule has 0 aliphatic heterocycles. The molecule has 2 aromatic rings. The van der Waals surface area contributed by atoms with Crippen molar-refractivity contribution in [2.45, 2.75) is 45.6 Å². The summed E-state index contributed by atoms with van der Waals surface area (Å²) in [5, 5.41) is 3.91. The molecule has 1 amide bonds. The van der Waals surface area contributed by atoms with E-state index >= 15 is 0 Å². The number of fused-ring (bicyclic) bond motifs is 1. The smallest absolute Gasteiger partial charge is 0.252 e. The second-order valence-electron chi connectivity index (χ2n) is 6.46. The average molecular weight is 370 g/mol. The SMILES string of the molecule is Cc1cc(C)c2nc(C3CC3)cc(C(=O)N[C@@H](C)CN)c2c1.Cl.Cl. The average Bonchev–Trinajstić information content (AvgIpc) is 3.30. The van der Waals surface area contributed by atoms with Gasteiger partial charge in [0.15, 0.2) is 0 Å². The summed E-state index contributed by atoms with van der Waals surface area (Å²) in [6.07, 6.45) is 2.34. The van der Waals surface area contributed by atoms with Gasteiger partial charge in [-0.1, -0.05) is 11.6 Å². The van der Waals surface area contributed by atoms with Gasteiger partial charge in [0.2, 0.25) is 0 Å². The third kappa shape index (κ3) is 4.18. The second-order valence-corrected chi connectivity index (χ2v) is 6.46. The Morgan fingerprint density at radius 1 is 1.29 bits per heavy atom. The maximum absolute atomic E-state index is 12.7. The molecular formula is C18H25Cl2N3O. The van der Waals surface area contributed by atoms with Crippen molar-refractivity contribution in [3.05, 3.63) is 40.6 Å². The lowest BCUT2D eigenvalue weighted by molar-refractivity contribution is 0.0943. The van der Waals surface area contributed by atoms with Crippen molar-refractivity contribution in [2.24, 2.45) is 5.73 Å². The standard InChI is InChI=1S/C18H23N3O.2ClH/c1-10-6-11(2)17-14(7-10)15(18(22)20-12(3)9-19)8-16(21-17)13-4-5-13;;/h6-8,12-13H,4-5,9,19H2,1-3H3,(H,20,22);2*1H/t12-;;/m0../s1. The Hall–Kier alpha value is -1.36. The third-order valence-corrected chi connectivity index (χ3v) is 4.24. The number of nitrogens with two attached hydrogens (primary N) is 1. The lowest BCUT2D eigenvalue weighted by atomic mass is 10.00. The quantitative estimate of drug-likeness (QED) is 0.863.